The van der Waals surface area contributed by atoms with Crippen LogP contribution in [0.2, 0.25) is 0 Å². The largest absolute Gasteiger partial charge is 0.371 e. The number of benzene rings is 1. The highest BCUT2D eigenvalue weighted by Gasteiger charge is 2.24. The normalized spacial score (nSPS) is 22.5. The van der Waals surface area contributed by atoms with Crippen LogP contribution in [0.15, 0.2) is 18.2 Å². The van der Waals surface area contributed by atoms with Gasteiger partial charge in [0.25, 0.3) is 0 Å². The van der Waals surface area contributed by atoms with Crippen molar-refractivity contribution < 1.29 is 4.39 Å². The van der Waals surface area contributed by atoms with Crippen molar-refractivity contribution >= 4 is 18.1 Å². The molecule has 0 spiro atoms. The Balaban J connectivity index is 0.00000120. The molecule has 1 saturated heterocycles. The maximum atomic E-state index is 13.6. The highest BCUT2D eigenvalue weighted by Crippen LogP contribution is 2.31. The third kappa shape index (κ3) is 2.62. The lowest BCUT2D eigenvalue weighted by molar-refractivity contribution is 0.378. The fraction of sp³-hybridized carbons (Fsp3) is 0.571. The molecule has 18 heavy (non-hydrogen) atoms. The Morgan fingerprint density at radius 3 is 3.06 bits per heavy atom. The molecular weight excluding hydrogens is 251 g/mol. The van der Waals surface area contributed by atoms with Crippen LogP contribution in [0.4, 0.5) is 10.1 Å². The maximum absolute atomic E-state index is 13.6. The van der Waals surface area contributed by atoms with Gasteiger partial charge in [-0.25, -0.2) is 4.39 Å². The molecule has 4 heteroatoms. The van der Waals surface area contributed by atoms with Crippen LogP contribution in [0.5, 0.6) is 0 Å². The van der Waals surface area contributed by atoms with Crippen molar-refractivity contribution in [2.75, 3.05) is 31.1 Å². The van der Waals surface area contributed by atoms with Crippen LogP contribution in [0.1, 0.15) is 18.4 Å². The summed E-state index contributed by atoms with van der Waals surface area (Å²) in [5, 5.41) is 3.44. The molecule has 0 aromatic heterocycles. The third-order valence-corrected chi connectivity index (χ3v) is 3.94. The second-order valence-corrected chi connectivity index (χ2v) is 5.15. The van der Waals surface area contributed by atoms with E-state index in [9.17, 15) is 4.39 Å². The van der Waals surface area contributed by atoms with E-state index in [-0.39, 0.29) is 18.2 Å². The molecule has 1 N–H and O–H groups in total. The quantitative estimate of drug-likeness (QED) is 0.889. The zero-order chi connectivity index (χ0) is 11.7. The number of halogens is 2. The Hall–Kier alpha value is -0.800. The van der Waals surface area contributed by atoms with E-state index < -0.39 is 0 Å². The molecule has 100 valence electrons. The molecule has 1 aromatic carbocycles. The van der Waals surface area contributed by atoms with Crippen molar-refractivity contribution in [3.05, 3.63) is 29.6 Å². The van der Waals surface area contributed by atoms with Gasteiger partial charge in [0.05, 0.1) is 0 Å². The monoisotopic (exact) mass is 270 g/mol. The van der Waals surface area contributed by atoms with Gasteiger partial charge in [-0.15, -0.1) is 12.4 Å². The van der Waals surface area contributed by atoms with Crippen LogP contribution < -0.4 is 10.2 Å². The average molecular weight is 271 g/mol. The summed E-state index contributed by atoms with van der Waals surface area (Å²) in [5.41, 5.74) is 2.03. The SMILES string of the molecule is Cl.Fc1cccc2c1CCN2CC1CCCNC1. The maximum Gasteiger partial charge on any atom is 0.128 e. The summed E-state index contributed by atoms with van der Waals surface area (Å²) in [5.74, 6) is 0.685. The van der Waals surface area contributed by atoms with Crippen molar-refractivity contribution in [1.29, 1.82) is 0 Å². The van der Waals surface area contributed by atoms with Gasteiger partial charge in [0.1, 0.15) is 5.82 Å². The predicted octanol–water partition coefficient (Wildman–Crippen LogP) is 2.61. The summed E-state index contributed by atoms with van der Waals surface area (Å²) in [7, 11) is 0. The van der Waals surface area contributed by atoms with Gasteiger partial charge in [-0.2, -0.15) is 0 Å². The summed E-state index contributed by atoms with van der Waals surface area (Å²) >= 11 is 0. The minimum absolute atomic E-state index is 0. The van der Waals surface area contributed by atoms with Crippen molar-refractivity contribution in [1.82, 2.24) is 5.32 Å². The molecule has 2 nitrogen and oxygen atoms in total. The molecule has 0 amide bonds. The van der Waals surface area contributed by atoms with Crippen LogP contribution >= 0.6 is 12.4 Å². The molecule has 0 saturated carbocycles. The number of fused-ring (bicyclic) bond motifs is 1. The number of hydrogen-bond acceptors (Lipinski definition) is 2. The number of anilines is 1. The smallest absolute Gasteiger partial charge is 0.128 e. The van der Waals surface area contributed by atoms with E-state index in [1.807, 2.05) is 6.07 Å². The van der Waals surface area contributed by atoms with Gasteiger partial charge < -0.3 is 10.2 Å². The number of piperidine rings is 1. The minimum atomic E-state index is -0.0354. The number of rotatable bonds is 2. The fourth-order valence-corrected chi connectivity index (χ4v) is 3.04. The lowest BCUT2D eigenvalue weighted by atomic mass is 9.99. The molecule has 3 rings (SSSR count). The Labute approximate surface area is 114 Å². The summed E-state index contributed by atoms with van der Waals surface area (Å²) in [6.45, 7) is 4.32. The molecule has 1 aromatic rings. The molecular formula is C14H20ClFN2. The summed E-state index contributed by atoms with van der Waals surface area (Å²) in [4.78, 5) is 2.36. The van der Waals surface area contributed by atoms with Crippen LogP contribution in [-0.2, 0) is 6.42 Å². The Kier molecular flexibility index (Phi) is 4.46. The van der Waals surface area contributed by atoms with E-state index in [0.29, 0.717) is 0 Å². The zero-order valence-corrected chi connectivity index (χ0v) is 11.3. The molecule has 0 radical (unpaired) electrons. The summed E-state index contributed by atoms with van der Waals surface area (Å²) in [6.07, 6.45) is 3.44. The first kappa shape index (κ1) is 13.6. The van der Waals surface area contributed by atoms with E-state index >= 15 is 0 Å². The summed E-state index contributed by atoms with van der Waals surface area (Å²) in [6, 6.07) is 5.46. The first-order valence-corrected chi connectivity index (χ1v) is 6.57. The van der Waals surface area contributed by atoms with Crippen molar-refractivity contribution in [3.63, 3.8) is 0 Å². The zero-order valence-electron chi connectivity index (χ0n) is 10.5. The van der Waals surface area contributed by atoms with E-state index in [4.69, 9.17) is 0 Å². The average Bonchev–Trinajstić information content (AvgIpc) is 2.76. The highest BCUT2D eigenvalue weighted by atomic mass is 35.5. The standard InChI is InChI=1S/C14H19FN2.ClH/c15-13-4-1-5-14-12(13)6-8-17(14)10-11-3-2-7-16-9-11;/h1,4-5,11,16H,2-3,6-10H2;1H. The molecule has 0 bridgehead atoms. The van der Waals surface area contributed by atoms with Gasteiger partial charge in [-0.05, 0) is 50.4 Å². The van der Waals surface area contributed by atoms with Crippen molar-refractivity contribution in [2.24, 2.45) is 5.92 Å². The van der Waals surface area contributed by atoms with E-state index in [1.54, 1.807) is 6.07 Å². The predicted molar refractivity (Wildman–Crippen MR) is 75.2 cm³/mol. The molecule has 1 unspecified atom stereocenters. The van der Waals surface area contributed by atoms with Crippen molar-refractivity contribution in [3.8, 4) is 0 Å². The van der Waals surface area contributed by atoms with Crippen LogP contribution in [0.25, 0.3) is 0 Å². The Morgan fingerprint density at radius 1 is 1.39 bits per heavy atom. The second-order valence-electron chi connectivity index (χ2n) is 5.15. The van der Waals surface area contributed by atoms with Crippen LogP contribution in [0, 0.1) is 11.7 Å². The van der Waals surface area contributed by atoms with E-state index in [0.717, 1.165) is 49.8 Å². The fourth-order valence-electron chi connectivity index (χ4n) is 3.04. The number of nitrogens with one attached hydrogen (secondary N) is 1. The lowest BCUT2D eigenvalue weighted by Crippen LogP contribution is -2.37. The molecule has 2 heterocycles. The van der Waals surface area contributed by atoms with Gasteiger partial charge in [0, 0.05) is 24.3 Å². The van der Waals surface area contributed by atoms with Crippen molar-refractivity contribution in [2.45, 2.75) is 19.3 Å². The highest BCUT2D eigenvalue weighted by molar-refractivity contribution is 5.85. The first-order valence-electron chi connectivity index (χ1n) is 6.57. The van der Waals surface area contributed by atoms with Gasteiger partial charge in [-0.3, -0.25) is 0 Å². The Morgan fingerprint density at radius 2 is 2.28 bits per heavy atom. The minimum Gasteiger partial charge on any atom is -0.371 e. The van der Waals surface area contributed by atoms with Crippen LogP contribution in [-0.4, -0.2) is 26.2 Å². The molecule has 2 aliphatic heterocycles. The van der Waals surface area contributed by atoms with Gasteiger partial charge in [0.2, 0.25) is 0 Å². The van der Waals surface area contributed by atoms with E-state index in [1.165, 1.54) is 12.8 Å². The first-order chi connectivity index (χ1) is 8.34. The molecule has 2 aliphatic rings. The lowest BCUT2D eigenvalue weighted by Gasteiger charge is -2.29. The second kappa shape index (κ2) is 5.89. The number of nitrogens with zero attached hydrogens (tertiary/aromatic N) is 1. The van der Waals surface area contributed by atoms with Gasteiger partial charge in [-0.1, -0.05) is 6.07 Å². The molecule has 1 fully saturated rings. The third-order valence-electron chi connectivity index (χ3n) is 3.94. The summed E-state index contributed by atoms with van der Waals surface area (Å²) < 4.78 is 13.6. The van der Waals surface area contributed by atoms with Crippen LogP contribution in [0.3, 0.4) is 0 Å². The van der Waals surface area contributed by atoms with Gasteiger partial charge in [0.15, 0.2) is 0 Å². The van der Waals surface area contributed by atoms with E-state index in [2.05, 4.69) is 16.3 Å². The molecule has 1 atom stereocenters. The Bertz CT molecular complexity index is 405. The van der Waals surface area contributed by atoms with Gasteiger partial charge >= 0.3 is 0 Å². The molecule has 0 aliphatic carbocycles. The topological polar surface area (TPSA) is 15.3 Å². The number of hydrogen-bond donors (Lipinski definition) is 1.